The van der Waals surface area contributed by atoms with Crippen LogP contribution in [0.2, 0.25) is 0 Å². The summed E-state index contributed by atoms with van der Waals surface area (Å²) in [6.07, 6.45) is 0. The van der Waals surface area contributed by atoms with E-state index in [-0.39, 0.29) is 11.6 Å². The molecule has 0 radical (unpaired) electrons. The average molecular weight is 308 g/mol. The maximum absolute atomic E-state index is 12.4. The van der Waals surface area contributed by atoms with Gasteiger partial charge in [-0.05, 0) is 31.2 Å². The molecule has 1 aromatic heterocycles. The Hall–Kier alpha value is -3.15. The first kappa shape index (κ1) is 14.8. The van der Waals surface area contributed by atoms with Crippen molar-refractivity contribution < 1.29 is 9.53 Å². The number of aromatic nitrogens is 3. The molecule has 1 heterocycles. The fraction of sp³-hybridized carbons (Fsp3) is 0.118. The van der Waals surface area contributed by atoms with Gasteiger partial charge in [-0.1, -0.05) is 29.5 Å². The first-order chi connectivity index (χ1) is 11.2. The molecule has 0 saturated heterocycles. The molecule has 0 spiro atoms. The number of methoxy groups -OCH3 is 1. The molecular formula is C17H16N4O2. The minimum atomic E-state index is -0.289. The first-order valence-electron chi connectivity index (χ1n) is 7.12. The standard InChI is InChI=1S/C17H16N4O2/c1-12-16(17(22)18-13-7-4-3-5-8-13)19-20-21(12)14-9-6-10-15(11-14)23-2/h3-11H,1-2H3,(H,18,22). The van der Waals surface area contributed by atoms with Gasteiger partial charge < -0.3 is 10.1 Å². The summed E-state index contributed by atoms with van der Waals surface area (Å²) >= 11 is 0. The zero-order valence-corrected chi connectivity index (χ0v) is 12.9. The maximum atomic E-state index is 12.4. The van der Waals surface area contributed by atoms with Crippen molar-refractivity contribution in [1.29, 1.82) is 0 Å². The van der Waals surface area contributed by atoms with Crippen LogP contribution in [0.3, 0.4) is 0 Å². The Morgan fingerprint density at radius 3 is 2.65 bits per heavy atom. The molecule has 3 rings (SSSR count). The Labute approximate surface area is 133 Å². The molecule has 0 aliphatic heterocycles. The van der Waals surface area contributed by atoms with Gasteiger partial charge in [0, 0.05) is 11.8 Å². The summed E-state index contributed by atoms with van der Waals surface area (Å²) in [5.74, 6) is 0.426. The largest absolute Gasteiger partial charge is 0.497 e. The number of anilines is 1. The molecule has 0 aliphatic rings. The van der Waals surface area contributed by atoms with E-state index >= 15 is 0 Å². The Morgan fingerprint density at radius 2 is 1.91 bits per heavy atom. The number of ether oxygens (including phenoxy) is 1. The molecule has 0 fully saturated rings. The molecule has 6 heteroatoms. The van der Waals surface area contributed by atoms with Gasteiger partial charge in [-0.15, -0.1) is 5.10 Å². The molecule has 3 aromatic rings. The van der Waals surface area contributed by atoms with Gasteiger partial charge in [0.05, 0.1) is 18.5 Å². The van der Waals surface area contributed by atoms with Crippen molar-refractivity contribution in [3.63, 3.8) is 0 Å². The number of rotatable bonds is 4. The number of nitrogens with one attached hydrogen (secondary N) is 1. The number of benzene rings is 2. The monoisotopic (exact) mass is 308 g/mol. The van der Waals surface area contributed by atoms with Crippen molar-refractivity contribution in [2.75, 3.05) is 12.4 Å². The highest BCUT2D eigenvalue weighted by atomic mass is 16.5. The van der Waals surface area contributed by atoms with E-state index < -0.39 is 0 Å². The highest BCUT2D eigenvalue weighted by Gasteiger charge is 2.17. The predicted octanol–water partition coefficient (Wildman–Crippen LogP) is 2.84. The number of hydrogen-bond donors (Lipinski definition) is 1. The summed E-state index contributed by atoms with van der Waals surface area (Å²) in [7, 11) is 1.60. The minimum Gasteiger partial charge on any atom is -0.497 e. The molecule has 1 amide bonds. The summed E-state index contributed by atoms with van der Waals surface area (Å²) in [5.41, 5.74) is 2.45. The summed E-state index contributed by atoms with van der Waals surface area (Å²) < 4.78 is 6.82. The number of hydrogen-bond acceptors (Lipinski definition) is 4. The second kappa shape index (κ2) is 6.31. The van der Waals surface area contributed by atoms with Gasteiger partial charge in [0.25, 0.3) is 5.91 Å². The van der Waals surface area contributed by atoms with Gasteiger partial charge in [0.1, 0.15) is 5.75 Å². The molecule has 2 aromatic carbocycles. The molecule has 0 bridgehead atoms. The number of amides is 1. The van der Waals surface area contributed by atoms with Crippen molar-refractivity contribution in [1.82, 2.24) is 15.0 Å². The Bertz CT molecular complexity index is 828. The second-order valence-corrected chi connectivity index (χ2v) is 4.96. The molecule has 0 aliphatic carbocycles. The SMILES string of the molecule is COc1cccc(-n2nnc(C(=O)Nc3ccccc3)c2C)c1. The second-order valence-electron chi connectivity index (χ2n) is 4.96. The molecule has 6 nitrogen and oxygen atoms in total. The quantitative estimate of drug-likeness (QED) is 0.804. The van der Waals surface area contributed by atoms with Crippen LogP contribution in [0.5, 0.6) is 5.75 Å². The lowest BCUT2D eigenvalue weighted by Gasteiger charge is -2.06. The van der Waals surface area contributed by atoms with Gasteiger partial charge in [0.2, 0.25) is 0 Å². The third kappa shape index (κ3) is 3.06. The normalized spacial score (nSPS) is 10.3. The summed E-state index contributed by atoms with van der Waals surface area (Å²) in [6.45, 7) is 1.80. The molecule has 23 heavy (non-hydrogen) atoms. The summed E-state index contributed by atoms with van der Waals surface area (Å²) in [4.78, 5) is 12.4. The molecule has 0 unspecified atom stereocenters. The molecule has 116 valence electrons. The number of nitrogens with zero attached hydrogens (tertiary/aromatic N) is 3. The Balaban J connectivity index is 1.88. The number of carbonyl (C=O) groups excluding carboxylic acids is 1. The third-order valence-corrected chi connectivity index (χ3v) is 3.44. The van der Waals surface area contributed by atoms with Gasteiger partial charge >= 0.3 is 0 Å². The van der Waals surface area contributed by atoms with Gasteiger partial charge in [-0.25, -0.2) is 4.68 Å². The van der Waals surface area contributed by atoms with Gasteiger partial charge in [-0.3, -0.25) is 4.79 Å². The van der Waals surface area contributed by atoms with Crippen molar-refractivity contribution in [3.05, 3.63) is 66.0 Å². The predicted molar refractivity (Wildman–Crippen MR) is 87.0 cm³/mol. The molecule has 0 atom stereocenters. The Morgan fingerprint density at radius 1 is 1.13 bits per heavy atom. The van der Waals surface area contributed by atoms with E-state index in [0.717, 1.165) is 5.69 Å². The molecule has 0 saturated carbocycles. The smallest absolute Gasteiger partial charge is 0.278 e. The lowest BCUT2D eigenvalue weighted by atomic mass is 10.2. The van der Waals surface area contributed by atoms with Crippen LogP contribution in [0, 0.1) is 6.92 Å². The number of carbonyl (C=O) groups is 1. The van der Waals surface area contributed by atoms with E-state index in [0.29, 0.717) is 17.1 Å². The van der Waals surface area contributed by atoms with Crippen LogP contribution in [0.4, 0.5) is 5.69 Å². The van der Waals surface area contributed by atoms with E-state index in [4.69, 9.17) is 4.74 Å². The van der Waals surface area contributed by atoms with Crippen LogP contribution < -0.4 is 10.1 Å². The van der Waals surface area contributed by atoms with E-state index in [1.54, 1.807) is 18.7 Å². The summed E-state index contributed by atoms with van der Waals surface area (Å²) in [5, 5.41) is 10.9. The van der Waals surface area contributed by atoms with Crippen LogP contribution in [0.25, 0.3) is 5.69 Å². The lowest BCUT2D eigenvalue weighted by molar-refractivity contribution is 0.102. The topological polar surface area (TPSA) is 69.0 Å². The highest BCUT2D eigenvalue weighted by molar-refractivity contribution is 6.03. The van der Waals surface area contributed by atoms with Crippen molar-refractivity contribution >= 4 is 11.6 Å². The zero-order valence-electron chi connectivity index (χ0n) is 12.9. The Kier molecular flexibility index (Phi) is 4.05. The van der Waals surface area contributed by atoms with Crippen LogP contribution in [0.1, 0.15) is 16.2 Å². The number of para-hydroxylation sites is 1. The third-order valence-electron chi connectivity index (χ3n) is 3.44. The molecular weight excluding hydrogens is 292 g/mol. The lowest BCUT2D eigenvalue weighted by Crippen LogP contribution is -2.14. The van der Waals surface area contributed by atoms with Crippen molar-refractivity contribution in [2.24, 2.45) is 0 Å². The van der Waals surface area contributed by atoms with Crippen LogP contribution in [-0.2, 0) is 0 Å². The average Bonchev–Trinajstić information content (AvgIpc) is 2.97. The fourth-order valence-electron chi connectivity index (χ4n) is 2.24. The van der Waals surface area contributed by atoms with E-state index in [1.165, 1.54) is 0 Å². The van der Waals surface area contributed by atoms with Gasteiger partial charge in [-0.2, -0.15) is 0 Å². The minimum absolute atomic E-state index is 0.289. The summed E-state index contributed by atoms with van der Waals surface area (Å²) in [6, 6.07) is 16.7. The first-order valence-corrected chi connectivity index (χ1v) is 7.12. The van der Waals surface area contributed by atoms with E-state index in [9.17, 15) is 4.79 Å². The maximum Gasteiger partial charge on any atom is 0.278 e. The van der Waals surface area contributed by atoms with Gasteiger partial charge in [0.15, 0.2) is 5.69 Å². The highest BCUT2D eigenvalue weighted by Crippen LogP contribution is 2.18. The zero-order chi connectivity index (χ0) is 16.2. The van der Waals surface area contributed by atoms with Crippen molar-refractivity contribution in [2.45, 2.75) is 6.92 Å². The van der Waals surface area contributed by atoms with Crippen LogP contribution in [0.15, 0.2) is 54.6 Å². The fourth-order valence-corrected chi connectivity index (χ4v) is 2.24. The van der Waals surface area contributed by atoms with E-state index in [1.807, 2.05) is 54.6 Å². The van der Waals surface area contributed by atoms with Crippen molar-refractivity contribution in [3.8, 4) is 11.4 Å². The molecule has 1 N–H and O–H groups in total. The van der Waals surface area contributed by atoms with E-state index in [2.05, 4.69) is 15.6 Å². The van der Waals surface area contributed by atoms with Crippen LogP contribution >= 0.6 is 0 Å². The van der Waals surface area contributed by atoms with Crippen LogP contribution in [-0.4, -0.2) is 28.0 Å².